The number of benzene rings is 1. The second-order valence-electron chi connectivity index (χ2n) is 5.51. The van der Waals surface area contributed by atoms with Crippen molar-refractivity contribution in [3.8, 4) is 5.75 Å². The molecule has 0 radical (unpaired) electrons. The van der Waals surface area contributed by atoms with Crippen molar-refractivity contribution in [3.63, 3.8) is 0 Å². The van der Waals surface area contributed by atoms with Gasteiger partial charge in [0.15, 0.2) is 0 Å². The van der Waals surface area contributed by atoms with Crippen LogP contribution in [0.1, 0.15) is 36.8 Å². The molecule has 0 aromatic heterocycles. The highest BCUT2D eigenvalue weighted by Crippen LogP contribution is 2.27. The van der Waals surface area contributed by atoms with Crippen LogP contribution in [0.5, 0.6) is 5.75 Å². The smallest absolute Gasteiger partial charge is 0.123 e. The molecule has 1 aromatic carbocycles. The number of rotatable bonds is 6. The topological polar surface area (TPSA) is 38.5 Å². The highest BCUT2D eigenvalue weighted by atomic mass is 16.5. The summed E-state index contributed by atoms with van der Waals surface area (Å²) in [6, 6.07) is 7.11. The van der Waals surface area contributed by atoms with E-state index in [1.54, 1.807) is 7.11 Å². The van der Waals surface area contributed by atoms with Gasteiger partial charge in [-0.25, -0.2) is 0 Å². The molecule has 0 aliphatic heterocycles. The van der Waals surface area contributed by atoms with Gasteiger partial charge in [-0.2, -0.15) is 0 Å². The maximum absolute atomic E-state index is 5.78. The predicted octanol–water partition coefficient (Wildman–Crippen LogP) is 2.71. The van der Waals surface area contributed by atoms with Crippen molar-refractivity contribution in [2.24, 2.45) is 5.73 Å². The van der Waals surface area contributed by atoms with Gasteiger partial charge in [0.1, 0.15) is 5.75 Å². The van der Waals surface area contributed by atoms with Gasteiger partial charge in [0.05, 0.1) is 7.11 Å². The average Bonchev–Trinajstić information content (AvgIpc) is 2.92. The third kappa shape index (κ3) is 3.71. The minimum atomic E-state index is 0.703. The zero-order chi connectivity index (χ0) is 13.7. The van der Waals surface area contributed by atoms with Crippen LogP contribution >= 0.6 is 0 Å². The summed E-state index contributed by atoms with van der Waals surface area (Å²) in [7, 11) is 1.75. The molecule has 1 aliphatic rings. The van der Waals surface area contributed by atoms with Gasteiger partial charge < -0.3 is 10.5 Å². The molecule has 0 heterocycles. The lowest BCUT2D eigenvalue weighted by Crippen LogP contribution is -2.36. The lowest BCUT2D eigenvalue weighted by Gasteiger charge is -2.29. The minimum absolute atomic E-state index is 0.703. The lowest BCUT2D eigenvalue weighted by molar-refractivity contribution is 0.193. The quantitative estimate of drug-likeness (QED) is 0.856. The maximum Gasteiger partial charge on any atom is 0.123 e. The number of hydrogen-bond acceptors (Lipinski definition) is 3. The molecule has 106 valence electrons. The van der Waals surface area contributed by atoms with Gasteiger partial charge in [-0.3, -0.25) is 4.90 Å². The van der Waals surface area contributed by atoms with E-state index in [9.17, 15) is 0 Å². The fraction of sp³-hybridized carbons (Fsp3) is 0.625. The molecule has 1 aliphatic carbocycles. The number of hydrogen-bond donors (Lipinski definition) is 1. The molecule has 1 aromatic rings. The first kappa shape index (κ1) is 14.4. The second-order valence-corrected chi connectivity index (χ2v) is 5.51. The van der Waals surface area contributed by atoms with Gasteiger partial charge in [0.2, 0.25) is 0 Å². The van der Waals surface area contributed by atoms with Gasteiger partial charge in [-0.1, -0.05) is 30.5 Å². The van der Waals surface area contributed by atoms with Gasteiger partial charge in [-0.05, 0) is 25.8 Å². The number of aryl methyl sites for hydroxylation is 1. The minimum Gasteiger partial charge on any atom is -0.496 e. The number of ether oxygens (including phenoxy) is 1. The lowest BCUT2D eigenvalue weighted by atomic mass is 10.1. The summed E-state index contributed by atoms with van der Waals surface area (Å²) in [6.45, 7) is 4.78. The summed E-state index contributed by atoms with van der Waals surface area (Å²) in [6.07, 6.45) is 5.34. The van der Waals surface area contributed by atoms with E-state index in [1.165, 1.54) is 36.8 Å². The molecule has 2 N–H and O–H groups in total. The Morgan fingerprint density at radius 2 is 2.05 bits per heavy atom. The van der Waals surface area contributed by atoms with Crippen LogP contribution in [-0.4, -0.2) is 31.1 Å². The fourth-order valence-corrected chi connectivity index (χ4v) is 3.08. The molecule has 0 spiro atoms. The SMILES string of the molecule is COc1ccc(C)cc1CN(CCN)C1CCCC1. The van der Waals surface area contributed by atoms with Gasteiger partial charge in [0.25, 0.3) is 0 Å². The van der Waals surface area contributed by atoms with E-state index in [2.05, 4.69) is 30.0 Å². The Balaban J connectivity index is 2.13. The number of nitrogens with zero attached hydrogens (tertiary/aromatic N) is 1. The van der Waals surface area contributed by atoms with Crippen LogP contribution < -0.4 is 10.5 Å². The Bertz CT molecular complexity index is 400. The zero-order valence-electron chi connectivity index (χ0n) is 12.2. The van der Waals surface area contributed by atoms with E-state index in [-0.39, 0.29) is 0 Å². The van der Waals surface area contributed by atoms with Crippen molar-refractivity contribution in [1.29, 1.82) is 0 Å². The van der Waals surface area contributed by atoms with E-state index < -0.39 is 0 Å². The van der Waals surface area contributed by atoms with Gasteiger partial charge in [-0.15, -0.1) is 0 Å². The summed E-state index contributed by atoms with van der Waals surface area (Å²) in [4.78, 5) is 2.53. The standard InChI is InChI=1S/C16H26N2O/c1-13-7-8-16(19-2)14(11-13)12-18(10-9-17)15-5-3-4-6-15/h7-8,11,15H,3-6,9-10,12,17H2,1-2H3. The van der Waals surface area contributed by atoms with Crippen molar-refractivity contribution in [1.82, 2.24) is 4.90 Å². The molecule has 0 saturated heterocycles. The summed E-state index contributed by atoms with van der Waals surface area (Å²) in [5, 5.41) is 0. The molecule has 19 heavy (non-hydrogen) atoms. The highest BCUT2D eigenvalue weighted by Gasteiger charge is 2.22. The van der Waals surface area contributed by atoms with Gasteiger partial charge in [0, 0.05) is 31.2 Å². The summed E-state index contributed by atoms with van der Waals surface area (Å²) < 4.78 is 5.48. The first-order valence-electron chi connectivity index (χ1n) is 7.32. The van der Waals surface area contributed by atoms with Crippen LogP contribution in [-0.2, 0) is 6.54 Å². The van der Waals surface area contributed by atoms with E-state index in [0.29, 0.717) is 6.04 Å². The largest absolute Gasteiger partial charge is 0.496 e. The molecule has 0 bridgehead atoms. The first-order chi connectivity index (χ1) is 9.24. The normalized spacial score (nSPS) is 16.2. The molecule has 1 fully saturated rings. The average molecular weight is 262 g/mol. The third-order valence-electron chi connectivity index (χ3n) is 4.07. The van der Waals surface area contributed by atoms with Crippen LogP contribution in [0, 0.1) is 6.92 Å². The maximum atomic E-state index is 5.78. The molecule has 3 heteroatoms. The van der Waals surface area contributed by atoms with Crippen LogP contribution in [0.2, 0.25) is 0 Å². The number of nitrogens with two attached hydrogens (primary N) is 1. The Morgan fingerprint density at radius 3 is 2.68 bits per heavy atom. The van der Waals surface area contributed by atoms with Crippen molar-refractivity contribution >= 4 is 0 Å². The van der Waals surface area contributed by atoms with Crippen LogP contribution in [0.15, 0.2) is 18.2 Å². The van der Waals surface area contributed by atoms with Gasteiger partial charge >= 0.3 is 0 Å². The van der Waals surface area contributed by atoms with Crippen molar-refractivity contribution < 1.29 is 4.74 Å². The van der Waals surface area contributed by atoms with E-state index in [0.717, 1.165) is 25.4 Å². The monoisotopic (exact) mass is 262 g/mol. The molecular formula is C16H26N2O. The third-order valence-corrected chi connectivity index (χ3v) is 4.07. The highest BCUT2D eigenvalue weighted by molar-refractivity contribution is 5.36. The summed E-state index contributed by atoms with van der Waals surface area (Å²) in [5.41, 5.74) is 8.35. The Labute approximate surface area is 116 Å². The van der Waals surface area contributed by atoms with E-state index in [4.69, 9.17) is 10.5 Å². The fourth-order valence-electron chi connectivity index (χ4n) is 3.08. The number of methoxy groups -OCH3 is 1. The van der Waals surface area contributed by atoms with Crippen LogP contribution in [0.3, 0.4) is 0 Å². The molecule has 1 saturated carbocycles. The molecule has 0 amide bonds. The van der Waals surface area contributed by atoms with Crippen molar-refractivity contribution in [2.75, 3.05) is 20.2 Å². The summed E-state index contributed by atoms with van der Waals surface area (Å²) in [5.74, 6) is 0.991. The summed E-state index contributed by atoms with van der Waals surface area (Å²) >= 11 is 0. The van der Waals surface area contributed by atoms with Crippen LogP contribution in [0.25, 0.3) is 0 Å². The molecule has 3 nitrogen and oxygen atoms in total. The van der Waals surface area contributed by atoms with Crippen LogP contribution in [0.4, 0.5) is 0 Å². The first-order valence-corrected chi connectivity index (χ1v) is 7.32. The van der Waals surface area contributed by atoms with E-state index in [1.807, 2.05) is 0 Å². The Morgan fingerprint density at radius 1 is 1.32 bits per heavy atom. The molecule has 2 rings (SSSR count). The molecule has 0 unspecified atom stereocenters. The molecular weight excluding hydrogens is 236 g/mol. The Hall–Kier alpha value is -1.06. The second kappa shape index (κ2) is 6.92. The van der Waals surface area contributed by atoms with Crippen molar-refractivity contribution in [3.05, 3.63) is 29.3 Å². The zero-order valence-corrected chi connectivity index (χ0v) is 12.2. The van der Waals surface area contributed by atoms with E-state index >= 15 is 0 Å². The Kier molecular flexibility index (Phi) is 5.23. The predicted molar refractivity (Wildman–Crippen MR) is 79.5 cm³/mol. The van der Waals surface area contributed by atoms with Crippen molar-refractivity contribution in [2.45, 2.75) is 45.2 Å². The molecule has 0 atom stereocenters.